The normalized spacial score (nSPS) is 10.6. The second kappa shape index (κ2) is 4.60. The van der Waals surface area contributed by atoms with Gasteiger partial charge in [-0.05, 0) is 34.1 Å². The van der Waals surface area contributed by atoms with Gasteiger partial charge in [-0.1, -0.05) is 0 Å². The third-order valence-corrected chi connectivity index (χ3v) is 3.79. The lowest BCUT2D eigenvalue weighted by Crippen LogP contribution is -1.83. The number of hydrogen-bond acceptors (Lipinski definition) is 2. The molecule has 0 fully saturated rings. The monoisotopic (exact) mass is 305 g/mol. The molecule has 0 unspecified atom stereocenters. The molecule has 0 amide bonds. The Labute approximate surface area is 104 Å². The molecule has 1 heterocycles. The summed E-state index contributed by atoms with van der Waals surface area (Å²) in [5, 5.41) is 2.78. The van der Waals surface area contributed by atoms with E-state index in [1.807, 2.05) is 5.38 Å². The van der Waals surface area contributed by atoms with Crippen molar-refractivity contribution in [2.45, 2.75) is 5.88 Å². The molecule has 1 nitrogen and oxygen atoms in total. The van der Waals surface area contributed by atoms with E-state index in [1.54, 1.807) is 6.07 Å². The molecule has 15 heavy (non-hydrogen) atoms. The molecule has 0 aliphatic heterocycles. The molecule has 2 rings (SSSR count). The summed E-state index contributed by atoms with van der Waals surface area (Å²) >= 11 is 10.5. The SMILES string of the molecule is Fc1ccc(-c2csc(CCl)n2)c(Br)c1. The Morgan fingerprint density at radius 3 is 2.87 bits per heavy atom. The Balaban J connectivity index is 2.44. The highest BCUT2D eigenvalue weighted by molar-refractivity contribution is 9.10. The molecule has 0 saturated heterocycles. The fraction of sp³-hybridized carbons (Fsp3) is 0.100. The molecule has 0 spiro atoms. The summed E-state index contributed by atoms with van der Waals surface area (Å²) < 4.78 is 13.6. The molecule has 0 N–H and O–H groups in total. The lowest BCUT2D eigenvalue weighted by molar-refractivity contribution is 0.627. The molecule has 0 saturated carbocycles. The topological polar surface area (TPSA) is 12.9 Å². The first kappa shape index (κ1) is 11.0. The van der Waals surface area contributed by atoms with Crippen LogP contribution in [0.1, 0.15) is 5.01 Å². The van der Waals surface area contributed by atoms with Crippen molar-refractivity contribution < 1.29 is 4.39 Å². The molecule has 2 aromatic rings. The van der Waals surface area contributed by atoms with Crippen molar-refractivity contribution in [2.24, 2.45) is 0 Å². The average molecular weight is 307 g/mol. The van der Waals surface area contributed by atoms with E-state index in [-0.39, 0.29) is 5.82 Å². The maximum Gasteiger partial charge on any atom is 0.124 e. The van der Waals surface area contributed by atoms with Crippen molar-refractivity contribution in [3.63, 3.8) is 0 Å². The summed E-state index contributed by atoms with van der Waals surface area (Å²) in [5.74, 6) is 0.141. The predicted octanol–water partition coefficient (Wildman–Crippen LogP) is 4.45. The molecule has 78 valence electrons. The summed E-state index contributed by atoms with van der Waals surface area (Å²) in [5.41, 5.74) is 1.70. The second-order valence-electron chi connectivity index (χ2n) is 2.88. The summed E-state index contributed by atoms with van der Waals surface area (Å²) in [7, 11) is 0. The molecule has 0 bridgehead atoms. The molecular weight excluding hydrogens is 301 g/mol. The molecular formula is C10H6BrClFNS. The quantitative estimate of drug-likeness (QED) is 0.747. The fourth-order valence-electron chi connectivity index (χ4n) is 1.19. The summed E-state index contributed by atoms with van der Waals surface area (Å²) in [6, 6.07) is 4.54. The van der Waals surface area contributed by atoms with Crippen LogP contribution in [0.15, 0.2) is 28.1 Å². The lowest BCUT2D eigenvalue weighted by Gasteiger charge is -2.00. The third-order valence-electron chi connectivity index (χ3n) is 1.87. The van der Waals surface area contributed by atoms with Crippen molar-refractivity contribution in [3.05, 3.63) is 38.9 Å². The Hall–Kier alpha value is -0.450. The molecule has 0 aliphatic carbocycles. The van der Waals surface area contributed by atoms with E-state index in [1.165, 1.54) is 23.5 Å². The van der Waals surface area contributed by atoms with Gasteiger partial charge in [0.1, 0.15) is 10.8 Å². The van der Waals surface area contributed by atoms with Crippen molar-refractivity contribution >= 4 is 38.9 Å². The number of thiazole rings is 1. The zero-order chi connectivity index (χ0) is 10.8. The highest BCUT2D eigenvalue weighted by atomic mass is 79.9. The molecule has 1 aromatic heterocycles. The molecule has 0 aliphatic rings. The van der Waals surface area contributed by atoms with Crippen molar-refractivity contribution in [2.75, 3.05) is 0 Å². The minimum absolute atomic E-state index is 0.265. The number of nitrogens with zero attached hydrogens (tertiary/aromatic N) is 1. The molecule has 5 heteroatoms. The number of benzene rings is 1. The van der Waals surface area contributed by atoms with Gasteiger partial charge in [0.25, 0.3) is 0 Å². The van der Waals surface area contributed by atoms with Crippen LogP contribution in [-0.2, 0) is 5.88 Å². The smallest absolute Gasteiger partial charge is 0.124 e. The standard InChI is InChI=1S/C10H6BrClFNS/c11-8-3-6(13)1-2-7(8)9-5-15-10(4-12)14-9/h1-3,5H,4H2. The first-order valence-corrected chi connectivity index (χ1v) is 6.37. The van der Waals surface area contributed by atoms with Gasteiger partial charge in [-0.2, -0.15) is 0 Å². The molecule has 1 aromatic carbocycles. The maximum atomic E-state index is 12.9. The Morgan fingerprint density at radius 2 is 2.27 bits per heavy atom. The first-order valence-electron chi connectivity index (χ1n) is 4.16. The predicted molar refractivity (Wildman–Crippen MR) is 64.8 cm³/mol. The van der Waals surface area contributed by atoms with Gasteiger partial charge >= 0.3 is 0 Å². The number of alkyl halides is 1. The largest absolute Gasteiger partial charge is 0.240 e. The van der Waals surface area contributed by atoms with Gasteiger partial charge in [0, 0.05) is 15.4 Å². The summed E-state index contributed by atoms with van der Waals surface area (Å²) in [4.78, 5) is 4.32. The molecule has 0 radical (unpaired) electrons. The van der Waals surface area contributed by atoms with Crippen LogP contribution in [0.2, 0.25) is 0 Å². The second-order valence-corrected chi connectivity index (χ2v) is 4.95. The number of halogens is 3. The van der Waals surface area contributed by atoms with Crippen molar-refractivity contribution in [1.82, 2.24) is 4.98 Å². The Kier molecular flexibility index (Phi) is 3.38. The van der Waals surface area contributed by atoms with Gasteiger partial charge in [0.15, 0.2) is 0 Å². The molecule has 0 atom stereocenters. The Bertz CT molecular complexity index is 486. The summed E-state index contributed by atoms with van der Waals surface area (Å²) in [6.07, 6.45) is 0. The number of hydrogen-bond donors (Lipinski definition) is 0. The lowest BCUT2D eigenvalue weighted by atomic mass is 10.2. The Morgan fingerprint density at radius 1 is 1.47 bits per heavy atom. The van der Waals surface area contributed by atoms with Crippen LogP contribution in [0.3, 0.4) is 0 Å². The van der Waals surface area contributed by atoms with E-state index in [2.05, 4.69) is 20.9 Å². The van der Waals surface area contributed by atoms with Gasteiger partial charge in [-0.3, -0.25) is 0 Å². The van der Waals surface area contributed by atoms with E-state index in [0.717, 1.165) is 16.3 Å². The fourth-order valence-corrected chi connectivity index (χ4v) is 2.64. The van der Waals surface area contributed by atoms with Crippen LogP contribution in [0.5, 0.6) is 0 Å². The van der Waals surface area contributed by atoms with E-state index in [0.29, 0.717) is 10.4 Å². The van der Waals surface area contributed by atoms with Crippen LogP contribution in [-0.4, -0.2) is 4.98 Å². The highest BCUT2D eigenvalue weighted by Crippen LogP contribution is 2.30. The van der Waals surface area contributed by atoms with Crippen LogP contribution in [0, 0.1) is 5.82 Å². The van der Waals surface area contributed by atoms with Gasteiger partial charge in [-0.15, -0.1) is 22.9 Å². The number of rotatable bonds is 2. The van der Waals surface area contributed by atoms with Crippen LogP contribution in [0.4, 0.5) is 4.39 Å². The van der Waals surface area contributed by atoms with E-state index >= 15 is 0 Å². The van der Waals surface area contributed by atoms with Gasteiger partial charge in [-0.25, -0.2) is 9.37 Å². The van der Waals surface area contributed by atoms with Crippen LogP contribution >= 0.6 is 38.9 Å². The van der Waals surface area contributed by atoms with Gasteiger partial charge < -0.3 is 0 Å². The minimum Gasteiger partial charge on any atom is -0.240 e. The third kappa shape index (κ3) is 2.38. The van der Waals surface area contributed by atoms with E-state index in [9.17, 15) is 4.39 Å². The summed E-state index contributed by atoms with van der Waals surface area (Å²) in [6.45, 7) is 0. The van der Waals surface area contributed by atoms with E-state index in [4.69, 9.17) is 11.6 Å². The zero-order valence-electron chi connectivity index (χ0n) is 7.51. The van der Waals surface area contributed by atoms with Crippen molar-refractivity contribution in [3.8, 4) is 11.3 Å². The van der Waals surface area contributed by atoms with Crippen LogP contribution in [0.25, 0.3) is 11.3 Å². The zero-order valence-corrected chi connectivity index (χ0v) is 10.7. The maximum absolute atomic E-state index is 12.9. The van der Waals surface area contributed by atoms with Gasteiger partial charge in [0.05, 0.1) is 11.6 Å². The van der Waals surface area contributed by atoms with Gasteiger partial charge in [0.2, 0.25) is 0 Å². The number of aromatic nitrogens is 1. The van der Waals surface area contributed by atoms with E-state index < -0.39 is 0 Å². The first-order chi connectivity index (χ1) is 7.20. The average Bonchev–Trinajstić information content (AvgIpc) is 2.66. The minimum atomic E-state index is -0.265. The van der Waals surface area contributed by atoms with Crippen molar-refractivity contribution in [1.29, 1.82) is 0 Å². The van der Waals surface area contributed by atoms with Crippen LogP contribution < -0.4 is 0 Å². The highest BCUT2D eigenvalue weighted by Gasteiger charge is 2.08.